The van der Waals surface area contributed by atoms with Crippen molar-refractivity contribution in [2.75, 3.05) is 7.11 Å². The van der Waals surface area contributed by atoms with E-state index in [1.54, 1.807) is 0 Å². The highest BCUT2D eigenvalue weighted by molar-refractivity contribution is 6.08. The number of rotatable bonds is 1. The van der Waals surface area contributed by atoms with Crippen molar-refractivity contribution in [3.05, 3.63) is 35.9 Å². The van der Waals surface area contributed by atoms with Gasteiger partial charge in [-0.3, -0.25) is 0 Å². The molecule has 3 rings (SSSR count). The minimum atomic E-state index is -4.61. The van der Waals surface area contributed by atoms with Gasteiger partial charge in [-0.2, -0.15) is 13.2 Å². The lowest BCUT2D eigenvalue weighted by molar-refractivity contribution is -0.139. The van der Waals surface area contributed by atoms with Crippen LogP contribution >= 0.6 is 0 Å². The van der Waals surface area contributed by atoms with Gasteiger partial charge in [0.05, 0.1) is 18.1 Å². The number of halogens is 4. The van der Waals surface area contributed by atoms with E-state index in [9.17, 15) is 17.6 Å². The van der Waals surface area contributed by atoms with Crippen molar-refractivity contribution in [1.29, 1.82) is 0 Å². The summed E-state index contributed by atoms with van der Waals surface area (Å²) in [7, 11) is 1.29. The summed E-state index contributed by atoms with van der Waals surface area (Å²) in [6, 6.07) is 4.30. The van der Waals surface area contributed by atoms with Gasteiger partial charge in [-0.25, -0.2) is 9.37 Å². The third-order valence-corrected chi connectivity index (χ3v) is 3.09. The number of H-pyrrole nitrogens is 1. The van der Waals surface area contributed by atoms with E-state index in [1.165, 1.54) is 25.3 Å². The molecule has 20 heavy (non-hydrogen) atoms. The molecule has 0 aliphatic carbocycles. The van der Waals surface area contributed by atoms with Gasteiger partial charge in [-0.05, 0) is 18.2 Å². The van der Waals surface area contributed by atoms with Crippen LogP contribution in [0.2, 0.25) is 0 Å². The molecule has 104 valence electrons. The summed E-state index contributed by atoms with van der Waals surface area (Å²) in [6.45, 7) is 0. The molecule has 0 spiro atoms. The average Bonchev–Trinajstić information content (AvgIpc) is 2.77. The van der Waals surface area contributed by atoms with Gasteiger partial charge in [0.2, 0.25) is 0 Å². The molecule has 0 aliphatic heterocycles. The number of ether oxygens (including phenoxy) is 1. The molecule has 0 fully saturated rings. The predicted octanol–water partition coefficient (Wildman–Crippen LogP) is 3.88. The van der Waals surface area contributed by atoms with Gasteiger partial charge < -0.3 is 9.72 Å². The first kappa shape index (κ1) is 12.7. The summed E-state index contributed by atoms with van der Waals surface area (Å²) in [5.41, 5.74) is -1.33. The second-order valence-corrected chi connectivity index (χ2v) is 4.21. The van der Waals surface area contributed by atoms with Gasteiger partial charge in [-0.1, -0.05) is 0 Å². The SMILES string of the molecule is COc1ccc2c([nH]c3c(C(F)(F)F)nccc32)c1F. The van der Waals surface area contributed by atoms with Crippen LogP contribution in [-0.4, -0.2) is 17.1 Å². The number of methoxy groups -OCH3 is 1. The molecule has 2 aromatic heterocycles. The van der Waals surface area contributed by atoms with Crippen LogP contribution in [0.15, 0.2) is 24.4 Å². The van der Waals surface area contributed by atoms with E-state index in [4.69, 9.17) is 4.74 Å². The van der Waals surface area contributed by atoms with E-state index in [0.29, 0.717) is 5.39 Å². The van der Waals surface area contributed by atoms with E-state index >= 15 is 0 Å². The predicted molar refractivity (Wildman–Crippen MR) is 65.1 cm³/mol. The van der Waals surface area contributed by atoms with Crippen LogP contribution in [0.25, 0.3) is 21.8 Å². The zero-order valence-electron chi connectivity index (χ0n) is 10.2. The Labute approximate surface area is 110 Å². The van der Waals surface area contributed by atoms with Crippen molar-refractivity contribution in [3.63, 3.8) is 0 Å². The molecule has 0 saturated carbocycles. The molecular formula is C13H8F4N2O. The number of aromatic nitrogens is 2. The molecular weight excluding hydrogens is 276 g/mol. The van der Waals surface area contributed by atoms with Crippen molar-refractivity contribution in [3.8, 4) is 5.75 Å². The molecule has 0 aliphatic rings. The largest absolute Gasteiger partial charge is 0.494 e. The molecule has 0 unspecified atom stereocenters. The zero-order valence-corrected chi connectivity index (χ0v) is 10.2. The van der Waals surface area contributed by atoms with E-state index < -0.39 is 17.7 Å². The summed E-state index contributed by atoms with van der Waals surface area (Å²) in [5, 5.41) is 0.620. The molecule has 7 heteroatoms. The van der Waals surface area contributed by atoms with E-state index in [2.05, 4.69) is 9.97 Å². The summed E-state index contributed by atoms with van der Waals surface area (Å²) in [6.07, 6.45) is -3.55. The minimum Gasteiger partial charge on any atom is -0.494 e. The van der Waals surface area contributed by atoms with E-state index in [1.807, 2.05) is 0 Å². The number of aromatic amines is 1. The molecule has 0 amide bonds. The van der Waals surface area contributed by atoms with Gasteiger partial charge >= 0.3 is 6.18 Å². The highest BCUT2D eigenvalue weighted by Crippen LogP contribution is 2.37. The number of fused-ring (bicyclic) bond motifs is 3. The molecule has 3 nitrogen and oxygen atoms in total. The number of nitrogens with one attached hydrogen (secondary N) is 1. The molecule has 0 atom stereocenters. The third kappa shape index (κ3) is 1.70. The van der Waals surface area contributed by atoms with Crippen molar-refractivity contribution in [2.45, 2.75) is 6.18 Å². The molecule has 0 bridgehead atoms. The van der Waals surface area contributed by atoms with Crippen molar-refractivity contribution in [2.24, 2.45) is 0 Å². The lowest BCUT2D eigenvalue weighted by atomic mass is 10.1. The Bertz CT molecular complexity index is 807. The highest BCUT2D eigenvalue weighted by atomic mass is 19.4. The Balaban J connectivity index is 2.45. The van der Waals surface area contributed by atoms with E-state index in [-0.39, 0.29) is 22.2 Å². The Morgan fingerprint density at radius 2 is 1.80 bits per heavy atom. The highest BCUT2D eigenvalue weighted by Gasteiger charge is 2.35. The number of hydrogen-bond acceptors (Lipinski definition) is 2. The first-order valence-electron chi connectivity index (χ1n) is 5.63. The lowest BCUT2D eigenvalue weighted by Gasteiger charge is -2.05. The third-order valence-electron chi connectivity index (χ3n) is 3.09. The quantitative estimate of drug-likeness (QED) is 0.688. The van der Waals surface area contributed by atoms with Gasteiger partial charge in [-0.15, -0.1) is 0 Å². The average molecular weight is 284 g/mol. The summed E-state index contributed by atoms with van der Waals surface area (Å²) in [5.74, 6) is -0.764. The molecule has 3 aromatic rings. The summed E-state index contributed by atoms with van der Waals surface area (Å²) in [4.78, 5) is 5.79. The Hall–Kier alpha value is -2.31. The van der Waals surface area contributed by atoms with Crippen molar-refractivity contribution >= 4 is 21.8 Å². The first-order chi connectivity index (χ1) is 9.43. The van der Waals surface area contributed by atoms with Gasteiger partial charge in [0, 0.05) is 17.0 Å². The van der Waals surface area contributed by atoms with Crippen molar-refractivity contribution < 1.29 is 22.3 Å². The molecule has 0 radical (unpaired) electrons. The molecule has 1 aromatic carbocycles. The van der Waals surface area contributed by atoms with Gasteiger partial charge in [0.15, 0.2) is 17.3 Å². The zero-order chi connectivity index (χ0) is 14.5. The number of alkyl halides is 3. The smallest absolute Gasteiger partial charge is 0.435 e. The fraction of sp³-hybridized carbons (Fsp3) is 0.154. The number of nitrogens with zero attached hydrogens (tertiary/aromatic N) is 1. The monoisotopic (exact) mass is 284 g/mol. The number of pyridine rings is 1. The van der Waals surface area contributed by atoms with Crippen LogP contribution in [0.1, 0.15) is 5.69 Å². The standard InChI is InChI=1S/C13H8F4N2O/c1-20-8-3-2-6-7-4-5-18-12(13(15,16)17)11(7)19-10(6)9(8)14/h2-5,19H,1H3. The molecule has 0 saturated heterocycles. The van der Waals surface area contributed by atoms with Crippen LogP contribution in [0, 0.1) is 5.82 Å². The first-order valence-corrected chi connectivity index (χ1v) is 5.63. The maximum atomic E-state index is 14.1. The molecule has 1 N–H and O–H groups in total. The Morgan fingerprint density at radius 3 is 2.45 bits per heavy atom. The second-order valence-electron chi connectivity index (χ2n) is 4.21. The van der Waals surface area contributed by atoms with Crippen LogP contribution < -0.4 is 4.74 Å². The number of benzene rings is 1. The maximum Gasteiger partial charge on any atom is 0.435 e. The second kappa shape index (κ2) is 4.09. The Kier molecular flexibility index (Phi) is 2.60. The fourth-order valence-electron chi connectivity index (χ4n) is 2.21. The lowest BCUT2D eigenvalue weighted by Crippen LogP contribution is -2.08. The maximum absolute atomic E-state index is 14.1. The van der Waals surface area contributed by atoms with Gasteiger partial charge in [0.1, 0.15) is 0 Å². The molecule has 2 heterocycles. The van der Waals surface area contributed by atoms with Crippen LogP contribution in [0.4, 0.5) is 17.6 Å². The van der Waals surface area contributed by atoms with Crippen LogP contribution in [-0.2, 0) is 6.18 Å². The van der Waals surface area contributed by atoms with Crippen LogP contribution in [0.3, 0.4) is 0 Å². The fourth-order valence-corrected chi connectivity index (χ4v) is 2.21. The van der Waals surface area contributed by atoms with Crippen LogP contribution in [0.5, 0.6) is 5.75 Å². The van der Waals surface area contributed by atoms with E-state index in [0.717, 1.165) is 6.20 Å². The summed E-state index contributed by atoms with van der Waals surface area (Å²) >= 11 is 0. The van der Waals surface area contributed by atoms with Gasteiger partial charge in [0.25, 0.3) is 0 Å². The normalized spacial score (nSPS) is 12.2. The Morgan fingerprint density at radius 1 is 1.10 bits per heavy atom. The number of hydrogen-bond donors (Lipinski definition) is 1. The summed E-state index contributed by atoms with van der Waals surface area (Å²) < 4.78 is 57.6. The minimum absolute atomic E-state index is 0.0298. The topological polar surface area (TPSA) is 37.9 Å². The van der Waals surface area contributed by atoms with Crippen molar-refractivity contribution in [1.82, 2.24) is 9.97 Å².